The Kier molecular flexibility index (Phi) is 6.34. The number of aromatic nitrogens is 2. The molecule has 28 heavy (non-hydrogen) atoms. The van der Waals surface area contributed by atoms with Crippen LogP contribution in [0.3, 0.4) is 0 Å². The summed E-state index contributed by atoms with van der Waals surface area (Å²) in [5.41, 5.74) is 1.67. The molecule has 1 aliphatic rings. The molecule has 1 aliphatic carbocycles. The molecule has 1 amide bonds. The molecule has 2 aromatic rings. The van der Waals surface area contributed by atoms with Gasteiger partial charge in [0.15, 0.2) is 0 Å². The average Bonchev–Trinajstić information content (AvgIpc) is 2.71. The van der Waals surface area contributed by atoms with Crippen LogP contribution in [0.15, 0.2) is 30.5 Å². The third-order valence-electron chi connectivity index (χ3n) is 5.09. The molecule has 7 nitrogen and oxygen atoms in total. The molecule has 0 saturated heterocycles. The zero-order valence-corrected chi connectivity index (χ0v) is 17.0. The van der Waals surface area contributed by atoms with E-state index in [1.807, 2.05) is 50.3 Å². The van der Waals surface area contributed by atoms with Crippen LogP contribution in [0, 0.1) is 6.92 Å². The van der Waals surface area contributed by atoms with Gasteiger partial charge in [-0.05, 0) is 50.8 Å². The third kappa shape index (κ3) is 4.91. The van der Waals surface area contributed by atoms with Crippen molar-refractivity contribution in [1.29, 1.82) is 0 Å². The number of nitrogens with zero attached hydrogens (tertiary/aromatic N) is 3. The summed E-state index contributed by atoms with van der Waals surface area (Å²) in [5, 5.41) is 6.71. The van der Waals surface area contributed by atoms with Crippen molar-refractivity contribution in [2.24, 2.45) is 0 Å². The summed E-state index contributed by atoms with van der Waals surface area (Å²) in [6.45, 7) is 2.02. The summed E-state index contributed by atoms with van der Waals surface area (Å²) in [6.07, 6.45) is 5.72. The maximum absolute atomic E-state index is 12.5. The summed E-state index contributed by atoms with van der Waals surface area (Å²) >= 11 is 0. The van der Waals surface area contributed by atoms with E-state index < -0.39 is 0 Å². The number of methoxy groups -OCH3 is 1. The fourth-order valence-electron chi connectivity index (χ4n) is 3.40. The van der Waals surface area contributed by atoms with Crippen molar-refractivity contribution in [3.05, 3.63) is 41.6 Å². The number of carbonyl (C=O) groups is 1. The molecule has 0 unspecified atom stereocenters. The van der Waals surface area contributed by atoms with Gasteiger partial charge < -0.3 is 20.3 Å². The van der Waals surface area contributed by atoms with Gasteiger partial charge >= 0.3 is 0 Å². The molecule has 2 N–H and O–H groups in total. The first-order valence-electron chi connectivity index (χ1n) is 9.68. The van der Waals surface area contributed by atoms with E-state index in [2.05, 4.69) is 20.6 Å². The van der Waals surface area contributed by atoms with E-state index >= 15 is 0 Å². The van der Waals surface area contributed by atoms with Gasteiger partial charge in [0.1, 0.15) is 11.6 Å². The minimum Gasteiger partial charge on any atom is -0.497 e. The summed E-state index contributed by atoms with van der Waals surface area (Å²) in [7, 11) is 5.47. The van der Waals surface area contributed by atoms with Gasteiger partial charge in [0, 0.05) is 43.5 Å². The molecule has 0 aliphatic heterocycles. The van der Waals surface area contributed by atoms with Crippen molar-refractivity contribution in [1.82, 2.24) is 15.3 Å². The van der Waals surface area contributed by atoms with Crippen LogP contribution in [-0.4, -0.2) is 49.2 Å². The van der Waals surface area contributed by atoms with Crippen LogP contribution in [0.25, 0.3) is 0 Å². The molecular weight excluding hydrogens is 354 g/mol. The summed E-state index contributed by atoms with van der Waals surface area (Å²) < 4.78 is 5.20. The van der Waals surface area contributed by atoms with Crippen LogP contribution in [0.2, 0.25) is 0 Å². The molecule has 0 spiro atoms. The normalized spacial score (nSPS) is 19.0. The lowest BCUT2D eigenvalue weighted by Crippen LogP contribution is -2.40. The quantitative estimate of drug-likeness (QED) is 0.798. The van der Waals surface area contributed by atoms with Gasteiger partial charge in [0.2, 0.25) is 5.95 Å². The van der Waals surface area contributed by atoms with Crippen molar-refractivity contribution < 1.29 is 9.53 Å². The van der Waals surface area contributed by atoms with Crippen molar-refractivity contribution >= 4 is 17.7 Å². The topological polar surface area (TPSA) is 79.4 Å². The van der Waals surface area contributed by atoms with Gasteiger partial charge in [-0.2, -0.15) is 4.98 Å². The van der Waals surface area contributed by atoms with Crippen LogP contribution in [0.5, 0.6) is 5.75 Å². The Balaban J connectivity index is 1.53. The van der Waals surface area contributed by atoms with E-state index in [9.17, 15) is 4.79 Å². The predicted molar refractivity (Wildman–Crippen MR) is 111 cm³/mol. The number of benzene rings is 1. The van der Waals surface area contributed by atoms with Crippen LogP contribution in [0.4, 0.5) is 11.8 Å². The van der Waals surface area contributed by atoms with E-state index in [0.29, 0.717) is 23.3 Å². The molecule has 0 radical (unpaired) electrons. The molecule has 1 fully saturated rings. The van der Waals surface area contributed by atoms with Crippen molar-refractivity contribution in [2.45, 2.75) is 44.7 Å². The number of amides is 1. The Morgan fingerprint density at radius 3 is 2.57 bits per heavy atom. The lowest BCUT2D eigenvalue weighted by atomic mass is 9.91. The number of hydrogen-bond donors (Lipinski definition) is 2. The molecule has 0 bridgehead atoms. The van der Waals surface area contributed by atoms with E-state index in [-0.39, 0.29) is 11.9 Å². The molecule has 1 saturated carbocycles. The van der Waals surface area contributed by atoms with E-state index in [4.69, 9.17) is 4.74 Å². The standard InChI is InChI=1S/C21H29N5O2/c1-14-13-22-21(26(2)3)25-19(14)23-16-8-10-17(11-9-16)24-20(27)15-6-5-7-18(12-15)28-4/h5-7,12-13,16-17H,8-11H2,1-4H3,(H,24,27)(H,22,23,25)/t16-,17+. The molecular formula is C21H29N5O2. The lowest BCUT2D eigenvalue weighted by Gasteiger charge is -2.30. The Bertz CT molecular complexity index is 816. The van der Waals surface area contributed by atoms with Gasteiger partial charge in [-0.1, -0.05) is 6.07 Å². The molecule has 1 aromatic heterocycles. The third-order valence-corrected chi connectivity index (χ3v) is 5.09. The number of rotatable bonds is 6. The highest BCUT2D eigenvalue weighted by molar-refractivity contribution is 5.94. The highest BCUT2D eigenvalue weighted by atomic mass is 16.5. The maximum atomic E-state index is 12.5. The molecule has 3 rings (SSSR count). The summed E-state index contributed by atoms with van der Waals surface area (Å²) in [6, 6.07) is 7.80. The second kappa shape index (κ2) is 8.91. The van der Waals surface area contributed by atoms with E-state index in [1.165, 1.54) is 0 Å². The van der Waals surface area contributed by atoms with Crippen LogP contribution < -0.4 is 20.3 Å². The Hall–Kier alpha value is -2.83. The number of nitrogens with one attached hydrogen (secondary N) is 2. The number of carbonyl (C=O) groups excluding carboxylic acids is 1. The number of aryl methyl sites for hydroxylation is 1. The Morgan fingerprint density at radius 1 is 1.18 bits per heavy atom. The van der Waals surface area contributed by atoms with Crippen molar-refractivity contribution in [3.63, 3.8) is 0 Å². The summed E-state index contributed by atoms with van der Waals surface area (Å²) in [4.78, 5) is 23.3. The second-order valence-electron chi connectivity index (χ2n) is 7.49. The minimum absolute atomic E-state index is 0.0439. The number of ether oxygens (including phenoxy) is 1. The van der Waals surface area contributed by atoms with E-state index in [0.717, 1.165) is 37.1 Å². The first-order chi connectivity index (χ1) is 13.5. The van der Waals surface area contributed by atoms with Gasteiger partial charge in [-0.25, -0.2) is 4.98 Å². The number of anilines is 2. The first kappa shape index (κ1) is 19.9. The highest BCUT2D eigenvalue weighted by Crippen LogP contribution is 2.24. The average molecular weight is 383 g/mol. The number of hydrogen-bond acceptors (Lipinski definition) is 6. The fraction of sp³-hybridized carbons (Fsp3) is 0.476. The van der Waals surface area contributed by atoms with E-state index in [1.54, 1.807) is 13.2 Å². The van der Waals surface area contributed by atoms with Gasteiger partial charge in [-0.3, -0.25) is 4.79 Å². The Labute approximate surface area is 166 Å². The second-order valence-corrected chi connectivity index (χ2v) is 7.49. The molecule has 7 heteroatoms. The molecule has 0 atom stereocenters. The van der Waals surface area contributed by atoms with Crippen LogP contribution >= 0.6 is 0 Å². The smallest absolute Gasteiger partial charge is 0.251 e. The minimum atomic E-state index is -0.0439. The first-order valence-corrected chi connectivity index (χ1v) is 9.68. The molecule has 150 valence electrons. The SMILES string of the molecule is COc1cccc(C(=O)N[C@H]2CC[C@@H](Nc3nc(N(C)C)ncc3C)CC2)c1. The fourth-order valence-corrected chi connectivity index (χ4v) is 3.40. The Morgan fingerprint density at radius 2 is 1.89 bits per heavy atom. The van der Waals surface area contributed by atoms with Crippen LogP contribution in [0.1, 0.15) is 41.6 Å². The largest absolute Gasteiger partial charge is 0.497 e. The van der Waals surface area contributed by atoms with Crippen molar-refractivity contribution in [2.75, 3.05) is 31.4 Å². The molecule has 1 heterocycles. The van der Waals surface area contributed by atoms with Crippen molar-refractivity contribution in [3.8, 4) is 5.75 Å². The zero-order chi connectivity index (χ0) is 20.1. The maximum Gasteiger partial charge on any atom is 0.251 e. The molecule has 1 aromatic carbocycles. The van der Waals surface area contributed by atoms with Gasteiger partial charge in [-0.15, -0.1) is 0 Å². The van der Waals surface area contributed by atoms with Crippen LogP contribution in [-0.2, 0) is 0 Å². The van der Waals surface area contributed by atoms with Gasteiger partial charge in [0.25, 0.3) is 5.91 Å². The lowest BCUT2D eigenvalue weighted by molar-refractivity contribution is 0.0926. The summed E-state index contributed by atoms with van der Waals surface area (Å²) in [5.74, 6) is 2.24. The zero-order valence-electron chi connectivity index (χ0n) is 17.0. The monoisotopic (exact) mass is 383 g/mol. The predicted octanol–water partition coefficient (Wildman–Crippen LogP) is 3.01. The van der Waals surface area contributed by atoms with Gasteiger partial charge in [0.05, 0.1) is 7.11 Å². The highest BCUT2D eigenvalue weighted by Gasteiger charge is 2.23.